The summed E-state index contributed by atoms with van der Waals surface area (Å²) in [5.74, 6) is 1.47. The lowest BCUT2D eigenvalue weighted by atomic mass is 10.1. The maximum Gasteiger partial charge on any atom is 0.162 e. The minimum atomic E-state index is -0.520. The lowest BCUT2D eigenvalue weighted by Crippen LogP contribution is -2.07. The van der Waals surface area contributed by atoms with E-state index < -0.39 is 6.10 Å². The van der Waals surface area contributed by atoms with Gasteiger partial charge in [0.1, 0.15) is 5.82 Å². The minimum Gasteiger partial charge on any atom is -0.389 e. The molecule has 0 spiro atoms. The summed E-state index contributed by atoms with van der Waals surface area (Å²) in [6, 6.07) is 21.8. The van der Waals surface area contributed by atoms with Gasteiger partial charge in [0.2, 0.25) is 0 Å². The van der Waals surface area contributed by atoms with Crippen molar-refractivity contribution >= 4 is 16.7 Å². The molecular formula is C23H22N4O. The quantitative estimate of drug-likeness (QED) is 0.534. The number of aryl methyl sites for hydroxylation is 1. The lowest BCUT2D eigenvalue weighted by Gasteiger charge is -2.13. The molecule has 140 valence electrons. The van der Waals surface area contributed by atoms with Crippen LogP contribution in [0, 0.1) is 6.92 Å². The van der Waals surface area contributed by atoms with E-state index in [2.05, 4.69) is 10.3 Å². The van der Waals surface area contributed by atoms with Crippen molar-refractivity contribution in [3.8, 4) is 11.4 Å². The van der Waals surface area contributed by atoms with Crippen LogP contribution in [0.3, 0.4) is 0 Å². The van der Waals surface area contributed by atoms with E-state index in [0.717, 1.165) is 39.2 Å². The summed E-state index contributed by atoms with van der Waals surface area (Å²) in [6.07, 6.45) is -0.520. The third kappa shape index (κ3) is 3.70. The zero-order valence-electron chi connectivity index (χ0n) is 15.9. The molecule has 4 aromatic rings. The van der Waals surface area contributed by atoms with Gasteiger partial charge in [-0.25, -0.2) is 9.97 Å². The first kappa shape index (κ1) is 18.1. The molecule has 0 saturated heterocycles. The van der Waals surface area contributed by atoms with Gasteiger partial charge in [0.25, 0.3) is 0 Å². The molecule has 28 heavy (non-hydrogen) atoms. The number of nitrogens with zero attached hydrogens (tertiary/aromatic N) is 3. The monoisotopic (exact) mass is 370 g/mol. The van der Waals surface area contributed by atoms with Crippen molar-refractivity contribution in [2.24, 2.45) is 0 Å². The van der Waals surface area contributed by atoms with Crippen LogP contribution >= 0.6 is 0 Å². The molecule has 1 atom stereocenters. The second-order valence-electron chi connectivity index (χ2n) is 6.79. The predicted octanol–water partition coefficient (Wildman–Crippen LogP) is 4.67. The van der Waals surface area contributed by atoms with E-state index in [1.165, 1.54) is 0 Å². The molecule has 2 N–H and O–H groups in total. The smallest absolute Gasteiger partial charge is 0.162 e. The van der Waals surface area contributed by atoms with Crippen LogP contribution in [-0.4, -0.2) is 20.1 Å². The standard InChI is InChI=1S/C23H22N4O/c1-15-19(16(2)28)13-12-18(25-15)14-24-23-20-10-6-7-11-21(20)26-22(27-23)17-8-4-3-5-9-17/h3-13,16,28H,14H2,1-2H3,(H,24,26,27)/t16-/m0/s1. The van der Waals surface area contributed by atoms with Crippen molar-refractivity contribution in [3.63, 3.8) is 0 Å². The van der Waals surface area contributed by atoms with Crippen molar-refractivity contribution in [2.75, 3.05) is 5.32 Å². The Morgan fingerprint density at radius 2 is 1.64 bits per heavy atom. The molecule has 2 aromatic carbocycles. The molecule has 0 bridgehead atoms. The maximum atomic E-state index is 9.79. The van der Waals surface area contributed by atoms with E-state index in [1.807, 2.05) is 73.7 Å². The number of para-hydroxylation sites is 1. The number of pyridine rings is 1. The molecule has 2 aromatic heterocycles. The summed E-state index contributed by atoms with van der Waals surface area (Å²) in [5.41, 5.74) is 4.46. The zero-order valence-corrected chi connectivity index (χ0v) is 15.9. The molecule has 2 heterocycles. The Labute approximate surface area is 164 Å². The van der Waals surface area contributed by atoms with Gasteiger partial charge in [-0.05, 0) is 32.0 Å². The first-order valence-corrected chi connectivity index (χ1v) is 9.32. The van der Waals surface area contributed by atoms with Gasteiger partial charge in [-0.3, -0.25) is 4.98 Å². The number of hydrogen-bond acceptors (Lipinski definition) is 5. The molecule has 0 aliphatic carbocycles. The summed E-state index contributed by atoms with van der Waals surface area (Å²) in [5, 5.41) is 14.2. The Morgan fingerprint density at radius 1 is 0.893 bits per heavy atom. The van der Waals surface area contributed by atoms with Gasteiger partial charge < -0.3 is 10.4 Å². The second kappa shape index (κ2) is 7.74. The molecule has 5 nitrogen and oxygen atoms in total. The molecule has 0 saturated carbocycles. The first-order chi connectivity index (χ1) is 13.6. The number of rotatable bonds is 5. The second-order valence-corrected chi connectivity index (χ2v) is 6.79. The van der Waals surface area contributed by atoms with Gasteiger partial charge in [-0.15, -0.1) is 0 Å². The Bertz CT molecular complexity index is 1110. The highest BCUT2D eigenvalue weighted by Crippen LogP contribution is 2.25. The molecule has 0 amide bonds. The number of benzene rings is 2. The van der Waals surface area contributed by atoms with Crippen LogP contribution in [0.5, 0.6) is 0 Å². The van der Waals surface area contributed by atoms with Crippen molar-refractivity contribution in [1.82, 2.24) is 15.0 Å². The molecular weight excluding hydrogens is 348 g/mol. The number of aliphatic hydroxyl groups excluding tert-OH is 1. The first-order valence-electron chi connectivity index (χ1n) is 9.32. The molecule has 5 heteroatoms. The van der Waals surface area contributed by atoms with E-state index in [0.29, 0.717) is 12.4 Å². The van der Waals surface area contributed by atoms with Crippen molar-refractivity contribution in [3.05, 3.63) is 83.7 Å². The van der Waals surface area contributed by atoms with Gasteiger partial charge in [-0.2, -0.15) is 0 Å². The van der Waals surface area contributed by atoms with Gasteiger partial charge >= 0.3 is 0 Å². The van der Waals surface area contributed by atoms with Crippen molar-refractivity contribution < 1.29 is 5.11 Å². The van der Waals surface area contributed by atoms with Crippen LogP contribution in [0.1, 0.15) is 30.0 Å². The Kier molecular flexibility index (Phi) is 5.00. The number of hydrogen-bond donors (Lipinski definition) is 2. The van der Waals surface area contributed by atoms with Crippen LogP contribution in [0.2, 0.25) is 0 Å². The molecule has 0 fully saturated rings. The fraction of sp³-hybridized carbons (Fsp3) is 0.174. The predicted molar refractivity (Wildman–Crippen MR) is 112 cm³/mol. The normalized spacial score (nSPS) is 12.1. The van der Waals surface area contributed by atoms with Gasteiger partial charge in [0.15, 0.2) is 5.82 Å². The third-order valence-corrected chi connectivity index (χ3v) is 4.71. The maximum absolute atomic E-state index is 9.79. The molecule has 0 aliphatic heterocycles. The zero-order chi connectivity index (χ0) is 19.5. The molecule has 4 rings (SSSR count). The van der Waals surface area contributed by atoms with Crippen LogP contribution < -0.4 is 5.32 Å². The Morgan fingerprint density at radius 3 is 2.39 bits per heavy atom. The Balaban J connectivity index is 1.67. The van der Waals surface area contributed by atoms with Crippen molar-refractivity contribution in [2.45, 2.75) is 26.5 Å². The van der Waals surface area contributed by atoms with Gasteiger partial charge in [0, 0.05) is 22.2 Å². The van der Waals surface area contributed by atoms with Crippen LogP contribution in [0.4, 0.5) is 5.82 Å². The van der Waals surface area contributed by atoms with E-state index in [-0.39, 0.29) is 0 Å². The Hall–Kier alpha value is -3.31. The summed E-state index contributed by atoms with van der Waals surface area (Å²) in [7, 11) is 0. The van der Waals surface area contributed by atoms with E-state index in [4.69, 9.17) is 9.97 Å². The molecule has 0 radical (unpaired) electrons. The van der Waals surface area contributed by atoms with Crippen molar-refractivity contribution in [1.29, 1.82) is 0 Å². The van der Waals surface area contributed by atoms with Gasteiger partial charge in [-0.1, -0.05) is 48.5 Å². The SMILES string of the molecule is Cc1nc(CNc2nc(-c3ccccc3)nc3ccccc23)ccc1[C@H](C)O. The van der Waals surface area contributed by atoms with E-state index in [1.54, 1.807) is 6.92 Å². The summed E-state index contributed by atoms with van der Waals surface area (Å²) in [4.78, 5) is 14.1. The van der Waals surface area contributed by atoms with Crippen LogP contribution in [0.15, 0.2) is 66.7 Å². The highest BCUT2D eigenvalue weighted by atomic mass is 16.3. The van der Waals surface area contributed by atoms with E-state index in [9.17, 15) is 5.11 Å². The average molecular weight is 370 g/mol. The molecule has 0 aliphatic rings. The van der Waals surface area contributed by atoms with Gasteiger partial charge in [0.05, 0.1) is 23.9 Å². The summed E-state index contributed by atoms with van der Waals surface area (Å²) < 4.78 is 0. The highest BCUT2D eigenvalue weighted by molar-refractivity contribution is 5.90. The average Bonchev–Trinajstić information content (AvgIpc) is 2.72. The third-order valence-electron chi connectivity index (χ3n) is 4.71. The number of aliphatic hydroxyl groups is 1. The largest absolute Gasteiger partial charge is 0.389 e. The number of aromatic nitrogens is 3. The van der Waals surface area contributed by atoms with Crippen LogP contribution in [-0.2, 0) is 6.54 Å². The number of anilines is 1. The summed E-state index contributed by atoms with van der Waals surface area (Å²) >= 11 is 0. The van der Waals surface area contributed by atoms with Crippen LogP contribution in [0.25, 0.3) is 22.3 Å². The fourth-order valence-electron chi connectivity index (χ4n) is 3.27. The minimum absolute atomic E-state index is 0.520. The topological polar surface area (TPSA) is 70.9 Å². The number of nitrogens with one attached hydrogen (secondary N) is 1. The summed E-state index contributed by atoms with van der Waals surface area (Å²) in [6.45, 7) is 4.20. The molecule has 0 unspecified atom stereocenters. The lowest BCUT2D eigenvalue weighted by molar-refractivity contribution is 0.198. The number of fused-ring (bicyclic) bond motifs is 1. The highest BCUT2D eigenvalue weighted by Gasteiger charge is 2.10. The van der Waals surface area contributed by atoms with E-state index >= 15 is 0 Å². The fourth-order valence-corrected chi connectivity index (χ4v) is 3.27.